The van der Waals surface area contributed by atoms with E-state index in [0.717, 1.165) is 5.56 Å². The number of para-hydroxylation sites is 2. The van der Waals surface area contributed by atoms with E-state index in [2.05, 4.69) is 10.3 Å². The highest BCUT2D eigenvalue weighted by atomic mass is 32.1. The summed E-state index contributed by atoms with van der Waals surface area (Å²) in [6.07, 6.45) is -0.732. The summed E-state index contributed by atoms with van der Waals surface area (Å²) in [6.45, 7) is 1.65. The molecule has 3 aromatic rings. The molecule has 0 spiro atoms. The second-order valence-electron chi connectivity index (χ2n) is 5.44. The van der Waals surface area contributed by atoms with E-state index in [4.69, 9.17) is 9.47 Å². The fraction of sp³-hybridized carbons (Fsp3) is 0.158. The Hall–Kier alpha value is -2.93. The summed E-state index contributed by atoms with van der Waals surface area (Å²) in [5.41, 5.74) is 1.45. The standard InChI is InChI=1S/C19H17FN2O3S/c1-12(25-17-6-4-3-5-16(17)24-2)18(23)22-19-21-15(11-26-19)13-7-9-14(20)10-8-13/h3-12H,1-2H3,(H,21,22,23)/t12-/m0/s1. The summed E-state index contributed by atoms with van der Waals surface area (Å²) in [5, 5.41) is 4.98. The van der Waals surface area contributed by atoms with Crippen LogP contribution in [0.25, 0.3) is 11.3 Å². The third-order valence-corrected chi connectivity index (χ3v) is 4.37. The van der Waals surface area contributed by atoms with Crippen molar-refractivity contribution in [1.29, 1.82) is 0 Å². The summed E-state index contributed by atoms with van der Waals surface area (Å²) in [4.78, 5) is 16.7. The number of nitrogens with zero attached hydrogens (tertiary/aromatic N) is 1. The molecule has 1 N–H and O–H groups in total. The Morgan fingerprint density at radius 1 is 1.15 bits per heavy atom. The number of hydrogen-bond acceptors (Lipinski definition) is 5. The number of ether oxygens (including phenoxy) is 2. The maximum atomic E-state index is 13.0. The van der Waals surface area contributed by atoms with Gasteiger partial charge in [-0.2, -0.15) is 0 Å². The van der Waals surface area contributed by atoms with Gasteiger partial charge >= 0.3 is 0 Å². The molecule has 1 amide bonds. The molecular formula is C19H17FN2O3S. The van der Waals surface area contributed by atoms with Crippen molar-refractivity contribution < 1.29 is 18.7 Å². The lowest BCUT2D eigenvalue weighted by molar-refractivity contribution is -0.122. The Labute approximate surface area is 154 Å². The molecule has 1 atom stereocenters. The van der Waals surface area contributed by atoms with Gasteiger partial charge in [0, 0.05) is 10.9 Å². The van der Waals surface area contributed by atoms with Crippen LogP contribution < -0.4 is 14.8 Å². The second kappa shape index (κ2) is 7.97. The van der Waals surface area contributed by atoms with Crippen LogP contribution in [0.3, 0.4) is 0 Å². The second-order valence-corrected chi connectivity index (χ2v) is 6.30. The fourth-order valence-corrected chi connectivity index (χ4v) is 2.97. The van der Waals surface area contributed by atoms with Gasteiger partial charge in [0.05, 0.1) is 12.8 Å². The summed E-state index contributed by atoms with van der Waals surface area (Å²) >= 11 is 1.29. The highest BCUT2D eigenvalue weighted by Gasteiger charge is 2.18. The average Bonchev–Trinajstić information content (AvgIpc) is 3.11. The first-order valence-corrected chi connectivity index (χ1v) is 8.77. The van der Waals surface area contributed by atoms with Gasteiger partial charge in [-0.3, -0.25) is 10.1 Å². The van der Waals surface area contributed by atoms with E-state index in [1.807, 2.05) is 6.07 Å². The molecule has 0 aliphatic rings. The van der Waals surface area contributed by atoms with Crippen molar-refractivity contribution in [2.75, 3.05) is 12.4 Å². The number of halogens is 1. The van der Waals surface area contributed by atoms with Crippen LogP contribution in [-0.2, 0) is 4.79 Å². The molecule has 0 aliphatic heterocycles. The normalized spacial score (nSPS) is 11.7. The number of hydrogen-bond donors (Lipinski definition) is 1. The first-order chi connectivity index (χ1) is 12.6. The maximum Gasteiger partial charge on any atom is 0.266 e. The van der Waals surface area contributed by atoms with Gasteiger partial charge in [0.25, 0.3) is 5.91 Å². The van der Waals surface area contributed by atoms with Crippen LogP contribution >= 0.6 is 11.3 Å². The van der Waals surface area contributed by atoms with Gasteiger partial charge in [0.1, 0.15) is 5.82 Å². The minimum Gasteiger partial charge on any atom is -0.493 e. The molecule has 0 saturated carbocycles. The number of methoxy groups -OCH3 is 1. The van der Waals surface area contributed by atoms with Crippen LogP contribution in [0.1, 0.15) is 6.92 Å². The Balaban J connectivity index is 1.65. The van der Waals surface area contributed by atoms with E-state index >= 15 is 0 Å². The lowest BCUT2D eigenvalue weighted by atomic mass is 10.2. The van der Waals surface area contributed by atoms with Gasteiger partial charge < -0.3 is 9.47 Å². The molecule has 0 radical (unpaired) electrons. The molecule has 0 fully saturated rings. The van der Waals surface area contributed by atoms with Gasteiger partial charge in [-0.25, -0.2) is 9.37 Å². The zero-order chi connectivity index (χ0) is 18.5. The molecule has 5 nitrogen and oxygen atoms in total. The van der Waals surface area contributed by atoms with Gasteiger partial charge in [-0.15, -0.1) is 11.3 Å². The first kappa shape index (κ1) is 17.9. The van der Waals surface area contributed by atoms with Gasteiger partial charge in [-0.05, 0) is 43.3 Å². The van der Waals surface area contributed by atoms with Crippen molar-refractivity contribution in [2.24, 2.45) is 0 Å². The van der Waals surface area contributed by atoms with E-state index < -0.39 is 6.10 Å². The third kappa shape index (κ3) is 4.18. The number of amides is 1. The lowest BCUT2D eigenvalue weighted by Crippen LogP contribution is -2.30. The van der Waals surface area contributed by atoms with Crippen LogP contribution in [0.2, 0.25) is 0 Å². The average molecular weight is 372 g/mol. The van der Waals surface area contributed by atoms with Crippen molar-refractivity contribution in [3.05, 3.63) is 59.7 Å². The zero-order valence-corrected chi connectivity index (χ0v) is 15.0. The molecule has 0 saturated heterocycles. The Bertz CT molecular complexity index is 896. The van der Waals surface area contributed by atoms with Crippen molar-refractivity contribution in [3.63, 3.8) is 0 Å². The Kier molecular flexibility index (Phi) is 5.48. The molecule has 0 unspecified atom stereocenters. The van der Waals surface area contributed by atoms with Crippen molar-refractivity contribution in [3.8, 4) is 22.8 Å². The van der Waals surface area contributed by atoms with Crippen molar-refractivity contribution >= 4 is 22.4 Å². The predicted molar refractivity (Wildman–Crippen MR) is 99.2 cm³/mol. The third-order valence-electron chi connectivity index (χ3n) is 3.62. The summed E-state index contributed by atoms with van der Waals surface area (Å²) in [6, 6.07) is 13.1. The molecule has 134 valence electrons. The largest absolute Gasteiger partial charge is 0.493 e. The number of rotatable bonds is 6. The van der Waals surface area contributed by atoms with E-state index in [1.165, 1.54) is 23.5 Å². The summed E-state index contributed by atoms with van der Waals surface area (Å²) in [5.74, 6) is 0.416. The molecule has 0 aliphatic carbocycles. The number of thiazole rings is 1. The van der Waals surface area contributed by atoms with E-state index in [1.54, 1.807) is 49.7 Å². The summed E-state index contributed by atoms with van der Waals surface area (Å²) < 4.78 is 23.9. The van der Waals surface area contributed by atoms with Crippen molar-refractivity contribution in [2.45, 2.75) is 13.0 Å². The van der Waals surface area contributed by atoms with E-state index in [-0.39, 0.29) is 11.7 Å². The lowest BCUT2D eigenvalue weighted by Gasteiger charge is -2.15. The van der Waals surface area contributed by atoms with Crippen molar-refractivity contribution in [1.82, 2.24) is 4.98 Å². The topological polar surface area (TPSA) is 60.5 Å². The number of carbonyl (C=O) groups is 1. The highest BCUT2D eigenvalue weighted by Crippen LogP contribution is 2.28. The SMILES string of the molecule is COc1ccccc1O[C@@H](C)C(=O)Nc1nc(-c2ccc(F)cc2)cs1. The van der Waals surface area contributed by atoms with Gasteiger partial charge in [0.2, 0.25) is 0 Å². The Morgan fingerprint density at radius 2 is 1.85 bits per heavy atom. The first-order valence-electron chi connectivity index (χ1n) is 7.89. The highest BCUT2D eigenvalue weighted by molar-refractivity contribution is 7.14. The van der Waals surface area contributed by atoms with Crippen LogP contribution in [0.5, 0.6) is 11.5 Å². The smallest absolute Gasteiger partial charge is 0.266 e. The molecule has 7 heteroatoms. The number of carbonyl (C=O) groups excluding carboxylic acids is 1. The van der Waals surface area contributed by atoms with E-state index in [0.29, 0.717) is 22.3 Å². The number of benzene rings is 2. The molecular weight excluding hydrogens is 355 g/mol. The van der Waals surface area contributed by atoms with Crippen LogP contribution in [-0.4, -0.2) is 24.1 Å². The predicted octanol–water partition coefficient (Wildman–Crippen LogP) is 4.36. The molecule has 26 heavy (non-hydrogen) atoms. The number of aromatic nitrogens is 1. The van der Waals surface area contributed by atoms with E-state index in [9.17, 15) is 9.18 Å². The quantitative estimate of drug-likeness (QED) is 0.698. The number of anilines is 1. The van der Waals surface area contributed by atoms with Crippen LogP contribution in [0.4, 0.5) is 9.52 Å². The van der Waals surface area contributed by atoms with Gasteiger partial charge in [-0.1, -0.05) is 12.1 Å². The minimum absolute atomic E-state index is 0.306. The fourth-order valence-electron chi connectivity index (χ4n) is 2.25. The molecule has 3 rings (SSSR count). The zero-order valence-electron chi connectivity index (χ0n) is 14.2. The molecule has 1 heterocycles. The summed E-state index contributed by atoms with van der Waals surface area (Å²) in [7, 11) is 1.54. The number of nitrogens with one attached hydrogen (secondary N) is 1. The molecule has 2 aromatic carbocycles. The van der Waals surface area contributed by atoms with Gasteiger partial charge in [0.15, 0.2) is 22.7 Å². The van der Waals surface area contributed by atoms with Crippen LogP contribution in [0.15, 0.2) is 53.9 Å². The Morgan fingerprint density at radius 3 is 2.54 bits per heavy atom. The molecule has 0 bridgehead atoms. The monoisotopic (exact) mass is 372 g/mol. The maximum absolute atomic E-state index is 13.0. The molecule has 1 aromatic heterocycles. The minimum atomic E-state index is -0.732. The van der Waals surface area contributed by atoms with Crippen LogP contribution in [0, 0.1) is 5.82 Å².